The summed E-state index contributed by atoms with van der Waals surface area (Å²) in [4.78, 5) is 16.2. The van der Waals surface area contributed by atoms with Gasteiger partial charge in [0.15, 0.2) is 0 Å². The molecule has 2 aliphatic rings. The molecule has 1 aromatic heterocycles. The molecule has 1 fully saturated rings. The zero-order valence-electron chi connectivity index (χ0n) is 17.1. The van der Waals surface area contributed by atoms with Gasteiger partial charge < -0.3 is 15.0 Å². The first-order valence-corrected chi connectivity index (χ1v) is 11.0. The summed E-state index contributed by atoms with van der Waals surface area (Å²) < 4.78 is 7.19. The molecule has 156 valence electrons. The first kappa shape index (κ1) is 20.0. The standard InChI is InChI=1S/C21H29N5O2S/c1-16(27)22-20-15-21(23-24(20)2)28-13-4-8-25-9-11-26(12-10-25)18-5-3-6-19-17(18)7-14-29-19/h3,5-7,14-15,20,23H,4,8-13H2,1-2H3,(H,22,27). The number of fused-ring (bicyclic) bond motifs is 1. The molecule has 0 aliphatic carbocycles. The Kier molecular flexibility index (Phi) is 6.22. The number of likely N-dealkylation sites (N-methyl/N-ethyl adjacent to an activating group) is 1. The number of amides is 1. The second kappa shape index (κ2) is 9.02. The summed E-state index contributed by atoms with van der Waals surface area (Å²) in [6.45, 7) is 7.49. The Morgan fingerprint density at radius 2 is 2.10 bits per heavy atom. The molecule has 29 heavy (non-hydrogen) atoms. The van der Waals surface area contributed by atoms with Gasteiger partial charge in [0.1, 0.15) is 6.17 Å². The summed E-state index contributed by atoms with van der Waals surface area (Å²) in [5.41, 5.74) is 4.49. The number of hydrogen-bond acceptors (Lipinski definition) is 7. The van der Waals surface area contributed by atoms with Crippen LogP contribution in [0.15, 0.2) is 41.6 Å². The number of thiophene rings is 1. The number of ether oxygens (including phenoxy) is 1. The number of benzene rings is 1. The quantitative estimate of drug-likeness (QED) is 0.676. The van der Waals surface area contributed by atoms with Crippen LogP contribution in [0.25, 0.3) is 10.1 Å². The highest BCUT2D eigenvalue weighted by molar-refractivity contribution is 7.17. The Morgan fingerprint density at radius 3 is 2.90 bits per heavy atom. The fraction of sp³-hybridized carbons (Fsp3) is 0.476. The average Bonchev–Trinajstić information content (AvgIpc) is 3.32. The van der Waals surface area contributed by atoms with E-state index in [1.54, 1.807) is 0 Å². The molecular formula is C21H29N5O2S. The first-order chi connectivity index (χ1) is 14.1. The fourth-order valence-corrected chi connectivity index (χ4v) is 4.71. The van der Waals surface area contributed by atoms with Gasteiger partial charge in [-0.15, -0.1) is 11.3 Å². The Hall–Kier alpha value is -2.29. The molecule has 1 aromatic carbocycles. The molecule has 1 amide bonds. The van der Waals surface area contributed by atoms with Crippen molar-refractivity contribution in [1.29, 1.82) is 0 Å². The summed E-state index contributed by atoms with van der Waals surface area (Å²) in [6.07, 6.45) is 2.71. The first-order valence-electron chi connectivity index (χ1n) is 10.1. The van der Waals surface area contributed by atoms with E-state index in [0.29, 0.717) is 12.5 Å². The van der Waals surface area contributed by atoms with Gasteiger partial charge in [-0.25, -0.2) is 0 Å². The molecule has 0 spiro atoms. The largest absolute Gasteiger partial charge is 0.478 e. The smallest absolute Gasteiger partial charge is 0.218 e. The minimum Gasteiger partial charge on any atom is -0.478 e. The van der Waals surface area contributed by atoms with Crippen LogP contribution in [-0.2, 0) is 9.53 Å². The van der Waals surface area contributed by atoms with Crippen LogP contribution in [0.1, 0.15) is 13.3 Å². The maximum Gasteiger partial charge on any atom is 0.218 e. The normalized spacial score (nSPS) is 20.6. The Balaban J connectivity index is 1.18. The Bertz CT molecular complexity index is 875. The third-order valence-corrected chi connectivity index (χ3v) is 6.31. The number of carbonyl (C=O) groups excluding carboxylic acids is 1. The highest BCUT2D eigenvalue weighted by atomic mass is 32.1. The third-order valence-electron chi connectivity index (χ3n) is 5.43. The molecule has 0 radical (unpaired) electrons. The van der Waals surface area contributed by atoms with Crippen molar-refractivity contribution >= 4 is 33.0 Å². The zero-order chi connectivity index (χ0) is 20.2. The molecule has 8 heteroatoms. The van der Waals surface area contributed by atoms with E-state index in [1.165, 1.54) is 22.7 Å². The van der Waals surface area contributed by atoms with Crippen LogP contribution in [0.4, 0.5) is 5.69 Å². The van der Waals surface area contributed by atoms with Crippen LogP contribution in [0, 0.1) is 0 Å². The molecule has 1 unspecified atom stereocenters. The van der Waals surface area contributed by atoms with Gasteiger partial charge in [0, 0.05) is 68.5 Å². The monoisotopic (exact) mass is 415 g/mol. The van der Waals surface area contributed by atoms with Crippen molar-refractivity contribution in [2.75, 3.05) is 51.3 Å². The van der Waals surface area contributed by atoms with E-state index in [-0.39, 0.29) is 12.1 Å². The zero-order valence-corrected chi connectivity index (χ0v) is 17.9. The molecular weight excluding hydrogens is 386 g/mol. The predicted molar refractivity (Wildman–Crippen MR) is 118 cm³/mol. The summed E-state index contributed by atoms with van der Waals surface area (Å²) in [6, 6.07) is 8.84. The van der Waals surface area contributed by atoms with E-state index in [4.69, 9.17) is 4.74 Å². The predicted octanol–water partition coefficient (Wildman–Crippen LogP) is 2.18. The van der Waals surface area contributed by atoms with Crippen molar-refractivity contribution < 1.29 is 9.53 Å². The van der Waals surface area contributed by atoms with Crippen LogP contribution >= 0.6 is 11.3 Å². The Morgan fingerprint density at radius 1 is 1.28 bits per heavy atom. The third kappa shape index (κ3) is 4.83. The molecule has 3 heterocycles. The molecule has 0 bridgehead atoms. The van der Waals surface area contributed by atoms with Crippen molar-refractivity contribution in [1.82, 2.24) is 20.7 Å². The van der Waals surface area contributed by atoms with Crippen LogP contribution in [0.2, 0.25) is 0 Å². The molecule has 2 N–H and O–H groups in total. The number of nitrogens with one attached hydrogen (secondary N) is 2. The van der Waals surface area contributed by atoms with Gasteiger partial charge in [-0.1, -0.05) is 6.07 Å². The van der Waals surface area contributed by atoms with E-state index >= 15 is 0 Å². The van der Waals surface area contributed by atoms with E-state index in [2.05, 4.69) is 50.2 Å². The molecule has 2 aromatic rings. The number of rotatable bonds is 7. The lowest BCUT2D eigenvalue weighted by Gasteiger charge is -2.36. The number of hydrazine groups is 1. The van der Waals surface area contributed by atoms with Crippen molar-refractivity contribution in [3.05, 3.63) is 41.6 Å². The minimum absolute atomic E-state index is 0.0597. The topological polar surface area (TPSA) is 60.1 Å². The summed E-state index contributed by atoms with van der Waals surface area (Å²) in [7, 11) is 1.88. The fourth-order valence-electron chi connectivity index (χ4n) is 3.90. The van der Waals surface area contributed by atoms with Gasteiger partial charge in [0.05, 0.1) is 6.61 Å². The van der Waals surface area contributed by atoms with Crippen LogP contribution < -0.4 is 15.6 Å². The highest BCUT2D eigenvalue weighted by Gasteiger charge is 2.23. The molecule has 7 nitrogen and oxygen atoms in total. The summed E-state index contributed by atoms with van der Waals surface area (Å²) >= 11 is 1.81. The molecule has 0 saturated carbocycles. The molecule has 2 aliphatic heterocycles. The minimum atomic E-state index is -0.164. The van der Waals surface area contributed by atoms with Gasteiger partial charge in [-0.3, -0.25) is 15.1 Å². The van der Waals surface area contributed by atoms with Gasteiger partial charge in [0.25, 0.3) is 0 Å². The number of hydrogen-bond donors (Lipinski definition) is 2. The Labute approximate surface area is 175 Å². The van der Waals surface area contributed by atoms with Gasteiger partial charge in [-0.05, 0) is 30.0 Å². The molecule has 1 saturated heterocycles. The molecule has 4 rings (SSSR count). The van der Waals surface area contributed by atoms with Crippen LogP contribution in [-0.4, -0.2) is 68.4 Å². The van der Waals surface area contributed by atoms with Crippen molar-refractivity contribution in [3.8, 4) is 0 Å². The lowest BCUT2D eigenvalue weighted by atomic mass is 10.2. The van der Waals surface area contributed by atoms with Crippen molar-refractivity contribution in [2.24, 2.45) is 0 Å². The number of nitrogens with zero attached hydrogens (tertiary/aromatic N) is 3. The number of carbonyl (C=O) groups is 1. The van der Waals surface area contributed by atoms with Gasteiger partial charge in [0.2, 0.25) is 11.8 Å². The number of anilines is 1. The van der Waals surface area contributed by atoms with E-state index in [1.807, 2.05) is 29.5 Å². The summed E-state index contributed by atoms with van der Waals surface area (Å²) in [5.74, 6) is 0.649. The van der Waals surface area contributed by atoms with Crippen molar-refractivity contribution in [3.63, 3.8) is 0 Å². The SMILES string of the molecule is CC(=O)NC1C=C(OCCCN2CCN(c3cccc4sccc34)CC2)NN1C. The second-order valence-electron chi connectivity index (χ2n) is 7.54. The van der Waals surface area contributed by atoms with Gasteiger partial charge in [-0.2, -0.15) is 5.01 Å². The molecule has 1 atom stereocenters. The average molecular weight is 416 g/mol. The highest BCUT2D eigenvalue weighted by Crippen LogP contribution is 2.31. The van der Waals surface area contributed by atoms with Crippen LogP contribution in [0.5, 0.6) is 0 Å². The number of piperazine rings is 1. The maximum atomic E-state index is 11.2. The second-order valence-corrected chi connectivity index (χ2v) is 8.49. The van der Waals surface area contributed by atoms with E-state index < -0.39 is 0 Å². The van der Waals surface area contributed by atoms with Crippen molar-refractivity contribution in [2.45, 2.75) is 19.5 Å². The van der Waals surface area contributed by atoms with E-state index in [9.17, 15) is 4.79 Å². The lowest BCUT2D eigenvalue weighted by molar-refractivity contribution is -0.120. The summed E-state index contributed by atoms with van der Waals surface area (Å²) in [5, 5.41) is 8.22. The maximum absolute atomic E-state index is 11.2. The van der Waals surface area contributed by atoms with Crippen LogP contribution in [0.3, 0.4) is 0 Å². The lowest BCUT2D eigenvalue weighted by Crippen LogP contribution is -2.46. The van der Waals surface area contributed by atoms with E-state index in [0.717, 1.165) is 39.1 Å². The van der Waals surface area contributed by atoms with Gasteiger partial charge >= 0.3 is 0 Å².